The number of hydrogen-bond acceptors (Lipinski definition) is 3. The number of anilines is 1. The summed E-state index contributed by atoms with van der Waals surface area (Å²) in [7, 11) is 0. The van der Waals surface area contributed by atoms with Crippen molar-refractivity contribution in [1.29, 1.82) is 0 Å². The fourth-order valence-corrected chi connectivity index (χ4v) is 3.95. The molecule has 2 aromatic rings. The molecule has 5 nitrogen and oxygen atoms in total. The molecular weight excluding hydrogens is 388 g/mol. The molecule has 0 atom stereocenters. The van der Waals surface area contributed by atoms with Crippen LogP contribution in [-0.2, 0) is 4.79 Å². The highest BCUT2D eigenvalue weighted by Crippen LogP contribution is 2.29. The highest BCUT2D eigenvalue weighted by Gasteiger charge is 2.19. The summed E-state index contributed by atoms with van der Waals surface area (Å²) in [4.78, 5) is 27.2. The maximum absolute atomic E-state index is 12.9. The first kappa shape index (κ1) is 21.2. The van der Waals surface area contributed by atoms with Crippen LogP contribution in [-0.4, -0.2) is 36.4 Å². The molecule has 0 unspecified atom stereocenters. The van der Waals surface area contributed by atoms with E-state index in [4.69, 9.17) is 16.3 Å². The van der Waals surface area contributed by atoms with Gasteiger partial charge in [-0.1, -0.05) is 42.6 Å². The predicted octanol–water partition coefficient (Wildman–Crippen LogP) is 4.99. The number of amides is 2. The lowest BCUT2D eigenvalue weighted by Gasteiger charge is -2.21. The van der Waals surface area contributed by atoms with E-state index in [0.29, 0.717) is 22.0 Å². The molecule has 0 radical (unpaired) electrons. The van der Waals surface area contributed by atoms with E-state index in [0.717, 1.165) is 49.9 Å². The summed E-state index contributed by atoms with van der Waals surface area (Å²) >= 11 is 6.31. The number of halogens is 1. The number of nitrogens with one attached hydrogen (secondary N) is 1. The van der Waals surface area contributed by atoms with E-state index in [1.54, 1.807) is 24.3 Å². The Morgan fingerprint density at radius 3 is 2.45 bits per heavy atom. The highest BCUT2D eigenvalue weighted by molar-refractivity contribution is 6.34. The summed E-state index contributed by atoms with van der Waals surface area (Å²) < 4.78 is 5.75. The van der Waals surface area contributed by atoms with Crippen LogP contribution in [0.2, 0.25) is 5.02 Å². The number of likely N-dealkylation sites (tertiary alicyclic amines) is 1. The lowest BCUT2D eigenvalue weighted by molar-refractivity contribution is -0.133. The molecule has 3 rings (SSSR count). The van der Waals surface area contributed by atoms with E-state index < -0.39 is 0 Å². The van der Waals surface area contributed by atoms with Crippen molar-refractivity contribution >= 4 is 29.1 Å². The van der Waals surface area contributed by atoms with Gasteiger partial charge in [0.15, 0.2) is 6.61 Å². The topological polar surface area (TPSA) is 58.6 Å². The minimum absolute atomic E-state index is 0.0421. The first-order chi connectivity index (χ1) is 14.0. The van der Waals surface area contributed by atoms with Gasteiger partial charge >= 0.3 is 0 Å². The molecule has 0 aliphatic carbocycles. The van der Waals surface area contributed by atoms with Gasteiger partial charge in [-0.05, 0) is 56.0 Å². The maximum atomic E-state index is 12.9. The van der Waals surface area contributed by atoms with Crippen LogP contribution in [0.15, 0.2) is 36.4 Å². The lowest BCUT2D eigenvalue weighted by Crippen LogP contribution is -2.35. The minimum atomic E-state index is -0.323. The largest absolute Gasteiger partial charge is 0.483 e. The molecule has 0 saturated carbocycles. The molecule has 2 amide bonds. The number of hydrogen-bond donors (Lipinski definition) is 1. The predicted molar refractivity (Wildman–Crippen MR) is 116 cm³/mol. The van der Waals surface area contributed by atoms with Crippen molar-refractivity contribution in [3.05, 3.63) is 58.1 Å². The monoisotopic (exact) mass is 414 g/mol. The van der Waals surface area contributed by atoms with Gasteiger partial charge in [-0.25, -0.2) is 0 Å². The van der Waals surface area contributed by atoms with Crippen molar-refractivity contribution in [1.82, 2.24) is 4.90 Å². The van der Waals surface area contributed by atoms with Crippen LogP contribution in [0.3, 0.4) is 0 Å². The first-order valence-electron chi connectivity index (χ1n) is 10.0. The Hall–Kier alpha value is -2.53. The standard InChI is InChI=1S/C23H27ClN2O3/c1-16-13-17(2)22(19(24)14-16)25-23(28)18-9-5-6-10-20(18)29-15-21(27)26-11-7-3-4-8-12-26/h5-6,9-10,13-14H,3-4,7-8,11-12,15H2,1-2H3,(H,25,28). The van der Waals surface area contributed by atoms with Crippen LogP contribution in [0.4, 0.5) is 5.69 Å². The Balaban J connectivity index is 1.70. The lowest BCUT2D eigenvalue weighted by atomic mass is 10.1. The van der Waals surface area contributed by atoms with Crippen molar-refractivity contribution in [3.8, 4) is 5.75 Å². The van der Waals surface area contributed by atoms with Gasteiger partial charge in [0.05, 0.1) is 16.3 Å². The van der Waals surface area contributed by atoms with Crippen LogP contribution in [0.1, 0.15) is 47.2 Å². The first-order valence-corrected chi connectivity index (χ1v) is 10.4. The normalized spacial score (nSPS) is 14.2. The molecule has 6 heteroatoms. The molecular formula is C23H27ClN2O3. The Kier molecular flexibility index (Phi) is 7.15. The van der Waals surface area contributed by atoms with E-state index >= 15 is 0 Å². The summed E-state index contributed by atoms with van der Waals surface area (Å²) in [5.74, 6) is 0.0188. The number of aryl methyl sites for hydroxylation is 2. The third-order valence-electron chi connectivity index (χ3n) is 5.11. The number of ether oxygens (including phenoxy) is 1. The van der Waals surface area contributed by atoms with Crippen molar-refractivity contribution in [2.45, 2.75) is 39.5 Å². The molecule has 1 fully saturated rings. The van der Waals surface area contributed by atoms with Gasteiger partial charge in [0.25, 0.3) is 11.8 Å². The molecule has 1 aliphatic rings. The fraction of sp³-hybridized carbons (Fsp3) is 0.391. The second-order valence-corrected chi connectivity index (χ2v) is 7.88. The summed E-state index contributed by atoms with van der Waals surface area (Å²) in [6.07, 6.45) is 4.38. The average Bonchev–Trinajstić information content (AvgIpc) is 2.98. The molecule has 1 N–H and O–H groups in total. The van der Waals surface area contributed by atoms with Crippen LogP contribution in [0.5, 0.6) is 5.75 Å². The fourth-order valence-electron chi connectivity index (χ4n) is 3.59. The summed E-state index contributed by atoms with van der Waals surface area (Å²) in [5, 5.41) is 3.37. The maximum Gasteiger partial charge on any atom is 0.260 e. The van der Waals surface area contributed by atoms with E-state index in [9.17, 15) is 9.59 Å². The number of nitrogens with zero attached hydrogens (tertiary/aromatic N) is 1. The number of carbonyl (C=O) groups is 2. The Morgan fingerprint density at radius 2 is 1.76 bits per heavy atom. The highest BCUT2D eigenvalue weighted by atomic mass is 35.5. The summed E-state index contributed by atoms with van der Waals surface area (Å²) in [6, 6.07) is 10.7. The van der Waals surface area contributed by atoms with Gasteiger partial charge in [0.2, 0.25) is 0 Å². The van der Waals surface area contributed by atoms with Crippen LogP contribution in [0.25, 0.3) is 0 Å². The van der Waals surface area contributed by atoms with Gasteiger partial charge in [-0.2, -0.15) is 0 Å². The zero-order valence-electron chi connectivity index (χ0n) is 17.0. The van der Waals surface area contributed by atoms with Gasteiger partial charge < -0.3 is 15.0 Å². The molecule has 0 spiro atoms. The molecule has 1 heterocycles. The van der Waals surface area contributed by atoms with Gasteiger partial charge in [0, 0.05) is 13.1 Å². The number of rotatable bonds is 5. The Morgan fingerprint density at radius 1 is 1.07 bits per heavy atom. The molecule has 1 saturated heterocycles. The van der Waals surface area contributed by atoms with E-state index in [2.05, 4.69) is 5.32 Å². The average molecular weight is 415 g/mol. The SMILES string of the molecule is Cc1cc(C)c(NC(=O)c2ccccc2OCC(=O)N2CCCCCC2)c(Cl)c1. The summed E-state index contributed by atoms with van der Waals surface area (Å²) in [6.45, 7) is 5.32. The quantitative estimate of drug-likeness (QED) is 0.749. The third kappa shape index (κ3) is 5.51. The summed E-state index contributed by atoms with van der Waals surface area (Å²) in [5.41, 5.74) is 2.87. The Bertz CT molecular complexity index is 866. The second-order valence-electron chi connectivity index (χ2n) is 7.47. The van der Waals surface area contributed by atoms with Crippen molar-refractivity contribution < 1.29 is 14.3 Å². The van der Waals surface area contributed by atoms with E-state index in [-0.39, 0.29) is 18.4 Å². The van der Waals surface area contributed by atoms with Crippen molar-refractivity contribution in [2.24, 2.45) is 0 Å². The molecule has 2 aromatic carbocycles. The van der Waals surface area contributed by atoms with Gasteiger partial charge in [0.1, 0.15) is 5.75 Å². The molecule has 154 valence electrons. The van der Waals surface area contributed by atoms with Crippen LogP contribution >= 0.6 is 11.6 Å². The number of carbonyl (C=O) groups excluding carboxylic acids is 2. The van der Waals surface area contributed by atoms with Crippen molar-refractivity contribution in [3.63, 3.8) is 0 Å². The Labute approximate surface area is 177 Å². The van der Waals surface area contributed by atoms with Crippen LogP contribution < -0.4 is 10.1 Å². The van der Waals surface area contributed by atoms with E-state index in [1.807, 2.05) is 30.9 Å². The third-order valence-corrected chi connectivity index (χ3v) is 5.41. The zero-order valence-corrected chi connectivity index (χ0v) is 17.7. The van der Waals surface area contributed by atoms with Crippen molar-refractivity contribution in [2.75, 3.05) is 25.0 Å². The van der Waals surface area contributed by atoms with Gasteiger partial charge in [-0.15, -0.1) is 0 Å². The molecule has 1 aliphatic heterocycles. The molecule has 0 aromatic heterocycles. The second kappa shape index (κ2) is 9.79. The smallest absolute Gasteiger partial charge is 0.260 e. The van der Waals surface area contributed by atoms with Crippen LogP contribution in [0, 0.1) is 13.8 Å². The number of benzene rings is 2. The zero-order chi connectivity index (χ0) is 20.8. The number of para-hydroxylation sites is 1. The minimum Gasteiger partial charge on any atom is -0.483 e. The van der Waals surface area contributed by atoms with E-state index in [1.165, 1.54) is 0 Å². The van der Waals surface area contributed by atoms with Gasteiger partial charge in [-0.3, -0.25) is 9.59 Å². The molecule has 0 bridgehead atoms. The molecule has 29 heavy (non-hydrogen) atoms.